The number of hydrogen-bond donors (Lipinski definition) is 0. The molecule has 0 N–H and O–H groups in total. The highest BCUT2D eigenvalue weighted by Gasteiger charge is 2.31. The largest absolute Gasteiger partial charge is 0.573 e. The summed E-state index contributed by atoms with van der Waals surface area (Å²) in [4.78, 5) is 0. The molecule has 0 spiro atoms. The van der Waals surface area contributed by atoms with Gasteiger partial charge in [-0.15, -0.1) is 13.2 Å². The molecule has 0 heterocycles. The number of halogens is 5. The molecule has 0 saturated heterocycles. The van der Waals surface area contributed by atoms with Crippen molar-refractivity contribution >= 4 is 31.9 Å². The summed E-state index contributed by atoms with van der Waals surface area (Å²) in [7, 11) is 0. The minimum atomic E-state index is -4.72. The molecule has 2 aromatic rings. The Kier molecular flexibility index (Phi) is 5.16. The van der Waals surface area contributed by atoms with Crippen LogP contribution in [0.2, 0.25) is 0 Å². The van der Waals surface area contributed by atoms with Gasteiger partial charge in [0.2, 0.25) is 0 Å². The van der Waals surface area contributed by atoms with E-state index < -0.39 is 6.36 Å². The summed E-state index contributed by atoms with van der Waals surface area (Å²) in [6, 6.07) is 11.6. The maximum atomic E-state index is 12.2. The van der Waals surface area contributed by atoms with Gasteiger partial charge in [-0.2, -0.15) is 0 Å². The molecule has 112 valence electrons. The second-order valence-corrected chi connectivity index (χ2v) is 5.83. The normalized spacial score (nSPS) is 11.3. The molecule has 0 unspecified atom stereocenters. The van der Waals surface area contributed by atoms with Crippen molar-refractivity contribution < 1.29 is 22.6 Å². The van der Waals surface area contributed by atoms with Crippen molar-refractivity contribution in [3.63, 3.8) is 0 Å². The summed E-state index contributed by atoms with van der Waals surface area (Å²) < 4.78 is 46.9. The van der Waals surface area contributed by atoms with E-state index >= 15 is 0 Å². The Morgan fingerprint density at radius 1 is 1.00 bits per heavy atom. The third kappa shape index (κ3) is 5.24. The van der Waals surface area contributed by atoms with Crippen LogP contribution in [0.4, 0.5) is 13.2 Å². The van der Waals surface area contributed by atoms with Crippen molar-refractivity contribution in [2.45, 2.75) is 13.0 Å². The molecule has 0 aliphatic carbocycles. The first-order valence-electron chi connectivity index (χ1n) is 5.76. The van der Waals surface area contributed by atoms with E-state index in [1.54, 1.807) is 0 Å². The molecule has 0 fully saturated rings. The van der Waals surface area contributed by atoms with E-state index in [-0.39, 0.29) is 10.2 Å². The molecule has 0 aromatic heterocycles. The van der Waals surface area contributed by atoms with E-state index in [0.29, 0.717) is 12.4 Å². The molecule has 0 atom stereocenters. The quantitative estimate of drug-likeness (QED) is 0.626. The Morgan fingerprint density at radius 3 is 2.38 bits per heavy atom. The first-order valence-corrected chi connectivity index (χ1v) is 7.34. The summed E-state index contributed by atoms with van der Waals surface area (Å²) in [5.41, 5.74) is 0.941. The number of benzene rings is 2. The fraction of sp³-hybridized carbons (Fsp3) is 0.143. The van der Waals surface area contributed by atoms with Crippen LogP contribution in [0.3, 0.4) is 0 Å². The van der Waals surface area contributed by atoms with Crippen LogP contribution in [0.5, 0.6) is 11.5 Å². The molecule has 21 heavy (non-hydrogen) atoms. The fourth-order valence-electron chi connectivity index (χ4n) is 1.57. The van der Waals surface area contributed by atoms with Gasteiger partial charge in [0.05, 0.1) is 4.47 Å². The summed E-state index contributed by atoms with van der Waals surface area (Å²) in [5, 5.41) is 0. The number of rotatable bonds is 4. The SMILES string of the molecule is FC(F)(F)Oc1ccc(OCc2cccc(Br)c2)cc1Br. The van der Waals surface area contributed by atoms with Gasteiger partial charge < -0.3 is 9.47 Å². The smallest absolute Gasteiger partial charge is 0.489 e. The summed E-state index contributed by atoms with van der Waals surface area (Å²) in [6.07, 6.45) is -4.72. The summed E-state index contributed by atoms with van der Waals surface area (Å²) in [6.45, 7) is 0.311. The Bertz CT molecular complexity index is 630. The van der Waals surface area contributed by atoms with Crippen LogP contribution in [-0.4, -0.2) is 6.36 Å². The maximum Gasteiger partial charge on any atom is 0.573 e. The lowest BCUT2D eigenvalue weighted by atomic mass is 10.2. The zero-order valence-electron chi connectivity index (χ0n) is 10.5. The predicted molar refractivity (Wildman–Crippen MR) is 79.3 cm³/mol. The van der Waals surface area contributed by atoms with Gasteiger partial charge in [-0.3, -0.25) is 0 Å². The highest BCUT2D eigenvalue weighted by atomic mass is 79.9. The molecule has 7 heteroatoms. The van der Waals surface area contributed by atoms with Crippen LogP contribution in [0.1, 0.15) is 5.56 Å². The van der Waals surface area contributed by atoms with E-state index in [2.05, 4.69) is 36.6 Å². The Balaban J connectivity index is 2.03. The van der Waals surface area contributed by atoms with Gasteiger partial charge in [0, 0.05) is 4.47 Å². The van der Waals surface area contributed by atoms with Crippen molar-refractivity contribution in [3.8, 4) is 11.5 Å². The Hall–Kier alpha value is -1.21. The molecule has 0 aliphatic heterocycles. The zero-order valence-corrected chi connectivity index (χ0v) is 13.6. The summed E-state index contributed by atoms with van der Waals surface area (Å²) in [5.74, 6) is 0.133. The lowest BCUT2D eigenvalue weighted by molar-refractivity contribution is -0.274. The third-order valence-corrected chi connectivity index (χ3v) is 3.54. The number of alkyl halides is 3. The molecule has 2 aromatic carbocycles. The second-order valence-electron chi connectivity index (χ2n) is 4.06. The molecular weight excluding hydrogens is 417 g/mol. The van der Waals surface area contributed by atoms with Crippen molar-refractivity contribution in [3.05, 3.63) is 57.0 Å². The predicted octanol–water partition coefficient (Wildman–Crippen LogP) is 5.69. The third-order valence-electron chi connectivity index (χ3n) is 2.42. The highest BCUT2D eigenvalue weighted by molar-refractivity contribution is 9.10. The van der Waals surface area contributed by atoms with Gasteiger partial charge in [-0.1, -0.05) is 28.1 Å². The zero-order chi connectivity index (χ0) is 15.5. The van der Waals surface area contributed by atoms with Crippen LogP contribution in [-0.2, 0) is 6.61 Å². The molecule has 0 radical (unpaired) electrons. The van der Waals surface area contributed by atoms with Crippen LogP contribution >= 0.6 is 31.9 Å². The van der Waals surface area contributed by atoms with E-state index in [0.717, 1.165) is 10.0 Å². The molecule has 2 rings (SSSR count). The van der Waals surface area contributed by atoms with Gasteiger partial charge in [-0.05, 0) is 51.8 Å². The molecule has 0 saturated carbocycles. The average Bonchev–Trinajstić information content (AvgIpc) is 2.38. The van der Waals surface area contributed by atoms with E-state index in [4.69, 9.17) is 4.74 Å². The van der Waals surface area contributed by atoms with Gasteiger partial charge in [-0.25, -0.2) is 0 Å². The van der Waals surface area contributed by atoms with E-state index in [1.165, 1.54) is 18.2 Å². The van der Waals surface area contributed by atoms with Crippen LogP contribution in [0, 0.1) is 0 Å². The fourth-order valence-corrected chi connectivity index (χ4v) is 2.46. The van der Waals surface area contributed by atoms with Crippen LogP contribution < -0.4 is 9.47 Å². The van der Waals surface area contributed by atoms with Gasteiger partial charge in [0.25, 0.3) is 0 Å². The molecular formula is C14H9Br2F3O2. The van der Waals surface area contributed by atoms with Crippen LogP contribution in [0.25, 0.3) is 0 Å². The second kappa shape index (κ2) is 6.70. The molecule has 2 nitrogen and oxygen atoms in total. The van der Waals surface area contributed by atoms with Crippen molar-refractivity contribution in [1.82, 2.24) is 0 Å². The van der Waals surface area contributed by atoms with Crippen molar-refractivity contribution in [1.29, 1.82) is 0 Å². The van der Waals surface area contributed by atoms with E-state index in [9.17, 15) is 13.2 Å². The first-order chi connectivity index (χ1) is 9.83. The van der Waals surface area contributed by atoms with Gasteiger partial charge in [0.15, 0.2) is 0 Å². The topological polar surface area (TPSA) is 18.5 Å². The average molecular weight is 426 g/mol. The van der Waals surface area contributed by atoms with Gasteiger partial charge >= 0.3 is 6.36 Å². The van der Waals surface area contributed by atoms with Crippen molar-refractivity contribution in [2.24, 2.45) is 0 Å². The number of ether oxygens (including phenoxy) is 2. The monoisotopic (exact) mass is 424 g/mol. The minimum Gasteiger partial charge on any atom is -0.489 e. The van der Waals surface area contributed by atoms with E-state index in [1.807, 2.05) is 24.3 Å². The Labute approximate surface area is 136 Å². The highest BCUT2D eigenvalue weighted by Crippen LogP contribution is 2.33. The van der Waals surface area contributed by atoms with Gasteiger partial charge in [0.1, 0.15) is 18.1 Å². The summed E-state index contributed by atoms with van der Waals surface area (Å²) >= 11 is 6.38. The minimum absolute atomic E-state index is 0.173. The standard InChI is InChI=1S/C14H9Br2F3O2/c15-10-3-1-2-9(6-10)8-20-11-4-5-13(12(16)7-11)21-14(17,18)19/h1-7H,8H2. The lowest BCUT2D eigenvalue weighted by Gasteiger charge is -2.12. The molecule has 0 bridgehead atoms. The molecule has 0 amide bonds. The van der Waals surface area contributed by atoms with Crippen LogP contribution in [0.15, 0.2) is 51.4 Å². The Morgan fingerprint density at radius 2 is 1.76 bits per heavy atom. The first kappa shape index (κ1) is 16.2. The van der Waals surface area contributed by atoms with Crippen molar-refractivity contribution in [2.75, 3.05) is 0 Å². The number of hydrogen-bond acceptors (Lipinski definition) is 2. The molecule has 0 aliphatic rings. The lowest BCUT2D eigenvalue weighted by Crippen LogP contribution is -2.17. The maximum absolute atomic E-state index is 12.2.